The number of nitrogens with one attached hydrogen (secondary N) is 2. The number of methoxy groups -OCH3 is 2. The lowest BCUT2D eigenvalue weighted by molar-refractivity contribution is -0.115. The number of hydrogen-bond donors (Lipinski definition) is 2. The van der Waals surface area contributed by atoms with E-state index in [2.05, 4.69) is 15.3 Å². The third-order valence-corrected chi connectivity index (χ3v) is 5.73. The predicted molar refractivity (Wildman–Crippen MR) is 119 cm³/mol. The maximum absolute atomic E-state index is 13.2. The molecular weight excluding hydrogens is 398 g/mol. The fraction of sp³-hybridized carbons (Fsp3) is 0.130. The first-order valence-electron chi connectivity index (χ1n) is 9.36. The van der Waals surface area contributed by atoms with Crippen LogP contribution in [0.4, 0.5) is 5.69 Å². The molecule has 0 fully saturated rings. The van der Waals surface area contributed by atoms with Crippen LogP contribution in [-0.4, -0.2) is 30.1 Å². The van der Waals surface area contributed by atoms with Crippen molar-refractivity contribution in [1.82, 2.24) is 9.97 Å². The zero-order chi connectivity index (χ0) is 20.9. The van der Waals surface area contributed by atoms with E-state index in [1.54, 1.807) is 14.2 Å². The quantitative estimate of drug-likeness (QED) is 0.410. The van der Waals surface area contributed by atoms with Crippen molar-refractivity contribution < 1.29 is 14.3 Å². The van der Waals surface area contributed by atoms with Crippen molar-refractivity contribution in [1.29, 1.82) is 0 Å². The van der Waals surface area contributed by atoms with Gasteiger partial charge in [0.1, 0.15) is 16.7 Å². The van der Waals surface area contributed by atoms with Crippen LogP contribution in [0, 0.1) is 0 Å². The van der Waals surface area contributed by atoms with Crippen LogP contribution in [0.5, 0.6) is 11.5 Å². The van der Waals surface area contributed by atoms with Gasteiger partial charge in [-0.3, -0.25) is 4.79 Å². The minimum absolute atomic E-state index is 0.130. The molecule has 4 rings (SSSR count). The number of anilines is 1. The minimum atomic E-state index is -0.476. The van der Waals surface area contributed by atoms with Gasteiger partial charge in [0.05, 0.1) is 25.3 Å². The van der Waals surface area contributed by atoms with Crippen molar-refractivity contribution in [3.8, 4) is 11.5 Å². The monoisotopic (exact) mass is 419 g/mol. The van der Waals surface area contributed by atoms with E-state index in [0.29, 0.717) is 10.8 Å². The van der Waals surface area contributed by atoms with Crippen LogP contribution >= 0.6 is 11.8 Å². The number of thioether (sulfide) groups is 1. The van der Waals surface area contributed by atoms with Crippen LogP contribution in [0.2, 0.25) is 0 Å². The maximum atomic E-state index is 13.2. The summed E-state index contributed by atoms with van der Waals surface area (Å²) in [6.07, 6.45) is 0. The fourth-order valence-corrected chi connectivity index (χ4v) is 4.05. The number of imidazole rings is 1. The van der Waals surface area contributed by atoms with Gasteiger partial charge < -0.3 is 19.8 Å². The smallest absolute Gasteiger partial charge is 0.242 e. The van der Waals surface area contributed by atoms with E-state index in [1.807, 2.05) is 72.8 Å². The minimum Gasteiger partial charge on any atom is -0.497 e. The average Bonchev–Trinajstić information content (AvgIpc) is 3.20. The predicted octanol–water partition coefficient (Wildman–Crippen LogP) is 5.05. The van der Waals surface area contributed by atoms with Crippen LogP contribution < -0.4 is 14.8 Å². The van der Waals surface area contributed by atoms with Crippen molar-refractivity contribution in [3.63, 3.8) is 0 Å². The molecule has 0 aliphatic carbocycles. The highest BCUT2D eigenvalue weighted by molar-refractivity contribution is 8.00. The van der Waals surface area contributed by atoms with Crippen molar-refractivity contribution in [2.75, 3.05) is 19.5 Å². The number of benzene rings is 3. The highest BCUT2D eigenvalue weighted by Gasteiger charge is 2.24. The number of ether oxygens (including phenoxy) is 2. The molecule has 0 radical (unpaired) electrons. The second kappa shape index (κ2) is 8.92. The van der Waals surface area contributed by atoms with E-state index in [0.717, 1.165) is 28.1 Å². The number of aromatic amines is 1. The molecule has 1 atom stereocenters. The fourth-order valence-electron chi connectivity index (χ4n) is 3.04. The summed E-state index contributed by atoms with van der Waals surface area (Å²) in [6.45, 7) is 0. The Hall–Kier alpha value is -3.45. The topological polar surface area (TPSA) is 76.2 Å². The molecule has 7 heteroatoms. The lowest BCUT2D eigenvalue weighted by atomic mass is 10.1. The van der Waals surface area contributed by atoms with Gasteiger partial charge in [-0.25, -0.2) is 4.98 Å². The second-order valence-electron chi connectivity index (χ2n) is 6.55. The molecule has 1 amide bonds. The Morgan fingerprint density at radius 2 is 1.67 bits per heavy atom. The van der Waals surface area contributed by atoms with Gasteiger partial charge in [-0.05, 0) is 42.0 Å². The molecule has 0 spiro atoms. The summed E-state index contributed by atoms with van der Waals surface area (Å²) >= 11 is 1.37. The SMILES string of the molecule is COc1ccc(NC(=O)C(Sc2nc3ccc(OC)cc3[nH]2)c2ccccc2)cc1. The molecule has 30 heavy (non-hydrogen) atoms. The Bertz CT molecular complexity index is 1140. The standard InChI is InChI=1S/C23H21N3O3S/c1-28-17-10-8-16(9-11-17)24-22(27)21(15-6-4-3-5-7-15)30-23-25-19-13-12-18(29-2)14-20(19)26-23/h3-14,21H,1-2H3,(H,24,27)(H,25,26). The van der Waals surface area contributed by atoms with Crippen LogP contribution in [0.15, 0.2) is 78.0 Å². The lowest BCUT2D eigenvalue weighted by Crippen LogP contribution is -2.19. The van der Waals surface area contributed by atoms with Crippen LogP contribution in [-0.2, 0) is 4.79 Å². The molecule has 0 aliphatic heterocycles. The number of carbonyl (C=O) groups is 1. The molecule has 0 saturated heterocycles. The van der Waals surface area contributed by atoms with Gasteiger partial charge in [0.25, 0.3) is 0 Å². The van der Waals surface area contributed by atoms with E-state index in [1.165, 1.54) is 11.8 Å². The number of aromatic nitrogens is 2. The molecule has 1 heterocycles. The van der Waals surface area contributed by atoms with E-state index >= 15 is 0 Å². The first kappa shape index (κ1) is 19.8. The largest absolute Gasteiger partial charge is 0.497 e. The molecule has 4 aromatic rings. The average molecular weight is 420 g/mol. The number of carbonyl (C=O) groups excluding carboxylic acids is 1. The number of nitrogens with zero attached hydrogens (tertiary/aromatic N) is 1. The first-order chi connectivity index (χ1) is 14.7. The second-order valence-corrected chi connectivity index (χ2v) is 7.65. The Kier molecular flexibility index (Phi) is 5.90. The first-order valence-corrected chi connectivity index (χ1v) is 10.2. The van der Waals surface area contributed by atoms with E-state index < -0.39 is 5.25 Å². The molecule has 1 unspecified atom stereocenters. The molecule has 0 saturated carbocycles. The Morgan fingerprint density at radius 1 is 0.967 bits per heavy atom. The molecule has 152 valence electrons. The summed E-state index contributed by atoms with van der Waals surface area (Å²) in [5, 5.41) is 3.17. The summed E-state index contributed by atoms with van der Waals surface area (Å²) in [4.78, 5) is 21.1. The third kappa shape index (κ3) is 4.41. The number of fused-ring (bicyclic) bond motifs is 1. The van der Waals surface area contributed by atoms with Crippen molar-refractivity contribution in [2.24, 2.45) is 0 Å². The molecule has 3 aromatic carbocycles. The zero-order valence-corrected chi connectivity index (χ0v) is 17.4. The molecule has 2 N–H and O–H groups in total. The Labute approximate surface area is 178 Å². The van der Waals surface area contributed by atoms with Gasteiger partial charge in [-0.15, -0.1) is 0 Å². The number of amides is 1. The summed E-state index contributed by atoms with van der Waals surface area (Å²) < 4.78 is 10.5. The van der Waals surface area contributed by atoms with Gasteiger partial charge in [0.15, 0.2) is 5.16 Å². The van der Waals surface area contributed by atoms with Gasteiger partial charge in [0, 0.05) is 11.8 Å². The van der Waals surface area contributed by atoms with Gasteiger partial charge >= 0.3 is 0 Å². The Morgan fingerprint density at radius 3 is 2.37 bits per heavy atom. The molecular formula is C23H21N3O3S. The lowest BCUT2D eigenvalue weighted by Gasteiger charge is -2.16. The summed E-state index contributed by atoms with van der Waals surface area (Å²) in [5.41, 5.74) is 3.28. The van der Waals surface area contributed by atoms with E-state index in [-0.39, 0.29) is 5.91 Å². The summed E-state index contributed by atoms with van der Waals surface area (Å²) in [6, 6.07) is 22.6. The molecule has 1 aromatic heterocycles. The van der Waals surface area contributed by atoms with Crippen molar-refractivity contribution >= 4 is 34.4 Å². The van der Waals surface area contributed by atoms with E-state index in [9.17, 15) is 4.79 Å². The Balaban J connectivity index is 1.60. The van der Waals surface area contributed by atoms with Crippen LogP contribution in [0.3, 0.4) is 0 Å². The maximum Gasteiger partial charge on any atom is 0.242 e. The molecule has 0 aliphatic rings. The molecule has 6 nitrogen and oxygen atoms in total. The summed E-state index contributed by atoms with van der Waals surface area (Å²) in [7, 11) is 3.24. The number of rotatable bonds is 7. The van der Waals surface area contributed by atoms with Gasteiger partial charge in [-0.1, -0.05) is 42.1 Å². The van der Waals surface area contributed by atoms with E-state index in [4.69, 9.17) is 9.47 Å². The van der Waals surface area contributed by atoms with Crippen molar-refractivity contribution in [2.45, 2.75) is 10.4 Å². The molecule has 0 bridgehead atoms. The summed E-state index contributed by atoms with van der Waals surface area (Å²) in [5.74, 6) is 1.36. The zero-order valence-electron chi connectivity index (χ0n) is 16.6. The normalized spacial score (nSPS) is 11.8. The van der Waals surface area contributed by atoms with Crippen LogP contribution in [0.1, 0.15) is 10.8 Å². The number of hydrogen-bond acceptors (Lipinski definition) is 5. The highest BCUT2D eigenvalue weighted by Crippen LogP contribution is 2.36. The third-order valence-electron chi connectivity index (χ3n) is 4.59. The van der Waals surface area contributed by atoms with Gasteiger partial charge in [0.2, 0.25) is 5.91 Å². The van der Waals surface area contributed by atoms with Crippen molar-refractivity contribution in [3.05, 3.63) is 78.4 Å². The van der Waals surface area contributed by atoms with Gasteiger partial charge in [-0.2, -0.15) is 0 Å². The van der Waals surface area contributed by atoms with Crippen LogP contribution in [0.25, 0.3) is 11.0 Å². The number of H-pyrrole nitrogens is 1. The highest BCUT2D eigenvalue weighted by atomic mass is 32.2.